The van der Waals surface area contributed by atoms with Gasteiger partial charge in [0.25, 0.3) is 0 Å². The molecule has 0 radical (unpaired) electrons. The summed E-state index contributed by atoms with van der Waals surface area (Å²) in [6, 6.07) is 6.46. The molecule has 0 saturated heterocycles. The molecule has 7 heteroatoms. The van der Waals surface area contributed by atoms with Crippen molar-refractivity contribution in [1.29, 1.82) is 0 Å². The van der Waals surface area contributed by atoms with Crippen LogP contribution in [0.4, 0.5) is 5.69 Å². The molecule has 6 nitrogen and oxygen atoms in total. The molecular formula is C14H22N2O4S. The minimum atomic E-state index is -3.59. The molecule has 3 N–H and O–H groups in total. The van der Waals surface area contributed by atoms with E-state index >= 15 is 0 Å². The second-order valence-electron chi connectivity index (χ2n) is 5.07. The Bertz CT molecular complexity index is 584. The summed E-state index contributed by atoms with van der Waals surface area (Å²) in [6.07, 6.45) is 0. The summed E-state index contributed by atoms with van der Waals surface area (Å²) in [6.45, 7) is 5.81. The Morgan fingerprint density at radius 2 is 1.90 bits per heavy atom. The van der Waals surface area contributed by atoms with Crippen molar-refractivity contribution < 1.29 is 18.3 Å². The van der Waals surface area contributed by atoms with Gasteiger partial charge in [0.05, 0.1) is 11.6 Å². The van der Waals surface area contributed by atoms with Gasteiger partial charge in [0.15, 0.2) is 0 Å². The van der Waals surface area contributed by atoms with E-state index in [9.17, 15) is 13.2 Å². The lowest BCUT2D eigenvalue weighted by Crippen LogP contribution is -2.29. The maximum Gasteiger partial charge on any atom is 0.308 e. The molecule has 0 amide bonds. The van der Waals surface area contributed by atoms with E-state index in [2.05, 4.69) is 10.0 Å². The molecular weight excluding hydrogens is 292 g/mol. The number of aliphatic carboxylic acids is 1. The molecule has 21 heavy (non-hydrogen) atoms. The third kappa shape index (κ3) is 4.71. The number of sulfonamides is 1. The van der Waals surface area contributed by atoms with E-state index < -0.39 is 21.9 Å². The Labute approximate surface area is 125 Å². The molecule has 1 unspecified atom stereocenters. The first-order valence-electron chi connectivity index (χ1n) is 6.85. The van der Waals surface area contributed by atoms with Crippen molar-refractivity contribution >= 4 is 21.7 Å². The molecule has 1 aromatic carbocycles. The normalized spacial score (nSPS) is 13.1. The van der Waals surface area contributed by atoms with Crippen molar-refractivity contribution in [3.05, 3.63) is 24.3 Å². The lowest BCUT2D eigenvalue weighted by molar-refractivity contribution is -0.142. The number of carboxylic acid groups (broad SMARTS) is 1. The van der Waals surface area contributed by atoms with Gasteiger partial charge in [-0.05, 0) is 18.1 Å². The lowest BCUT2D eigenvalue weighted by Gasteiger charge is -2.19. The van der Waals surface area contributed by atoms with Gasteiger partial charge in [-0.25, -0.2) is 13.1 Å². The Morgan fingerprint density at radius 1 is 1.29 bits per heavy atom. The van der Waals surface area contributed by atoms with Gasteiger partial charge in [-0.2, -0.15) is 0 Å². The molecule has 0 aliphatic rings. The van der Waals surface area contributed by atoms with Gasteiger partial charge >= 0.3 is 5.97 Å². The third-order valence-electron chi connectivity index (χ3n) is 3.15. The van der Waals surface area contributed by atoms with Gasteiger partial charge in [-0.15, -0.1) is 0 Å². The van der Waals surface area contributed by atoms with E-state index in [1.165, 1.54) is 6.07 Å². The standard InChI is InChI=1S/C14H22N2O4S/c1-4-16-21(19,20)13-8-6-5-7-12(13)15-9-11(10(2)3)14(17)18/h5-8,10-11,15-16H,4,9H2,1-3H3,(H,17,18). The molecule has 1 rings (SSSR count). The van der Waals surface area contributed by atoms with E-state index in [1.54, 1.807) is 25.1 Å². The molecule has 0 heterocycles. The molecule has 0 aromatic heterocycles. The average Bonchev–Trinajstić information content (AvgIpc) is 2.38. The zero-order valence-electron chi connectivity index (χ0n) is 12.5. The molecule has 0 saturated carbocycles. The topological polar surface area (TPSA) is 95.5 Å². The second kappa shape index (κ2) is 7.42. The van der Waals surface area contributed by atoms with Crippen LogP contribution in [0.1, 0.15) is 20.8 Å². The van der Waals surface area contributed by atoms with Crippen LogP contribution in [0.15, 0.2) is 29.2 Å². The van der Waals surface area contributed by atoms with Gasteiger partial charge in [0, 0.05) is 13.1 Å². The first-order valence-corrected chi connectivity index (χ1v) is 8.33. The van der Waals surface area contributed by atoms with Crippen molar-refractivity contribution in [1.82, 2.24) is 4.72 Å². The number of anilines is 1. The van der Waals surface area contributed by atoms with Crippen molar-refractivity contribution in [2.75, 3.05) is 18.4 Å². The smallest absolute Gasteiger partial charge is 0.308 e. The van der Waals surface area contributed by atoms with E-state index in [0.29, 0.717) is 12.2 Å². The number of carbonyl (C=O) groups is 1. The highest BCUT2D eigenvalue weighted by molar-refractivity contribution is 7.89. The van der Waals surface area contributed by atoms with Crippen molar-refractivity contribution in [3.63, 3.8) is 0 Å². The monoisotopic (exact) mass is 314 g/mol. The summed E-state index contributed by atoms with van der Waals surface area (Å²) in [5, 5.41) is 12.1. The van der Waals surface area contributed by atoms with Gasteiger partial charge < -0.3 is 10.4 Å². The van der Waals surface area contributed by atoms with Crippen LogP contribution in [0.5, 0.6) is 0 Å². The lowest BCUT2D eigenvalue weighted by atomic mass is 9.96. The molecule has 0 spiro atoms. The summed E-state index contributed by atoms with van der Waals surface area (Å²) in [5.41, 5.74) is 0.408. The fourth-order valence-electron chi connectivity index (χ4n) is 1.94. The number of nitrogens with one attached hydrogen (secondary N) is 2. The number of carboxylic acids is 1. The van der Waals surface area contributed by atoms with Crippen LogP contribution in [0.2, 0.25) is 0 Å². The molecule has 118 valence electrons. The van der Waals surface area contributed by atoms with Gasteiger partial charge in [-0.3, -0.25) is 4.79 Å². The van der Waals surface area contributed by atoms with E-state index in [0.717, 1.165) is 0 Å². The minimum Gasteiger partial charge on any atom is -0.481 e. The average molecular weight is 314 g/mol. The van der Waals surface area contributed by atoms with E-state index in [4.69, 9.17) is 5.11 Å². The van der Waals surface area contributed by atoms with Crippen molar-refractivity contribution in [3.8, 4) is 0 Å². The van der Waals surface area contributed by atoms with Crippen LogP contribution in [0.25, 0.3) is 0 Å². The number of para-hydroxylation sites is 1. The van der Waals surface area contributed by atoms with Gasteiger partial charge in [0.1, 0.15) is 4.90 Å². The summed E-state index contributed by atoms with van der Waals surface area (Å²) >= 11 is 0. The fraction of sp³-hybridized carbons (Fsp3) is 0.500. The molecule has 1 atom stereocenters. The summed E-state index contributed by atoms with van der Waals surface area (Å²) in [4.78, 5) is 11.3. The summed E-state index contributed by atoms with van der Waals surface area (Å²) < 4.78 is 26.6. The summed E-state index contributed by atoms with van der Waals surface area (Å²) in [7, 11) is -3.59. The molecule has 0 bridgehead atoms. The Hall–Kier alpha value is -1.60. The third-order valence-corrected chi connectivity index (χ3v) is 4.75. The first kappa shape index (κ1) is 17.5. The number of benzene rings is 1. The predicted molar refractivity (Wildman–Crippen MR) is 81.8 cm³/mol. The first-order chi connectivity index (χ1) is 9.79. The number of rotatable bonds is 8. The molecule has 0 aliphatic heterocycles. The zero-order valence-corrected chi connectivity index (χ0v) is 13.3. The highest BCUT2D eigenvalue weighted by atomic mass is 32.2. The number of hydrogen-bond donors (Lipinski definition) is 3. The maximum atomic E-state index is 12.1. The Morgan fingerprint density at radius 3 is 2.43 bits per heavy atom. The van der Waals surface area contributed by atoms with Crippen LogP contribution in [0.3, 0.4) is 0 Å². The minimum absolute atomic E-state index is 0.0486. The van der Waals surface area contributed by atoms with Gasteiger partial charge in [-0.1, -0.05) is 32.9 Å². The molecule has 0 fully saturated rings. The molecule has 0 aliphatic carbocycles. The highest BCUT2D eigenvalue weighted by Gasteiger charge is 2.23. The number of hydrogen-bond acceptors (Lipinski definition) is 4. The second-order valence-corrected chi connectivity index (χ2v) is 6.80. The van der Waals surface area contributed by atoms with Crippen molar-refractivity contribution in [2.24, 2.45) is 11.8 Å². The van der Waals surface area contributed by atoms with E-state index in [1.807, 2.05) is 13.8 Å². The predicted octanol–water partition coefficient (Wildman–Crippen LogP) is 1.75. The summed E-state index contributed by atoms with van der Waals surface area (Å²) in [5.74, 6) is -1.53. The maximum absolute atomic E-state index is 12.1. The van der Waals surface area contributed by atoms with Crippen LogP contribution >= 0.6 is 0 Å². The van der Waals surface area contributed by atoms with Crippen LogP contribution in [-0.2, 0) is 14.8 Å². The van der Waals surface area contributed by atoms with Gasteiger partial charge in [0.2, 0.25) is 10.0 Å². The largest absolute Gasteiger partial charge is 0.481 e. The fourth-order valence-corrected chi connectivity index (χ4v) is 3.17. The van der Waals surface area contributed by atoms with Crippen LogP contribution in [0, 0.1) is 11.8 Å². The Kier molecular flexibility index (Phi) is 6.17. The van der Waals surface area contributed by atoms with E-state index in [-0.39, 0.29) is 17.4 Å². The SMILES string of the molecule is CCNS(=O)(=O)c1ccccc1NCC(C(=O)O)C(C)C. The van der Waals surface area contributed by atoms with Crippen LogP contribution in [-0.4, -0.2) is 32.6 Å². The van der Waals surface area contributed by atoms with Crippen molar-refractivity contribution in [2.45, 2.75) is 25.7 Å². The van der Waals surface area contributed by atoms with Crippen LogP contribution < -0.4 is 10.0 Å². The molecule has 1 aromatic rings. The Balaban J connectivity index is 2.97. The highest BCUT2D eigenvalue weighted by Crippen LogP contribution is 2.22. The quantitative estimate of drug-likeness (QED) is 0.679. The zero-order chi connectivity index (χ0) is 16.0.